The maximum Gasteiger partial charge on any atom is 0.372 e. The summed E-state index contributed by atoms with van der Waals surface area (Å²) in [4.78, 5) is 22.3. The molecule has 18 heavy (non-hydrogen) atoms. The summed E-state index contributed by atoms with van der Waals surface area (Å²) in [6, 6.07) is 1.82. The first-order valence-corrected chi connectivity index (χ1v) is 5.34. The number of benzene rings is 1. The van der Waals surface area contributed by atoms with Crippen LogP contribution in [0.15, 0.2) is 10.5 Å². The third-order valence-corrected chi connectivity index (χ3v) is 3.08. The van der Waals surface area contributed by atoms with Gasteiger partial charge in [0, 0.05) is 5.39 Å². The van der Waals surface area contributed by atoms with Crippen molar-refractivity contribution in [2.24, 2.45) is 0 Å². The molecule has 2 N–H and O–H groups in total. The fourth-order valence-corrected chi connectivity index (χ4v) is 2.11. The van der Waals surface area contributed by atoms with Crippen molar-refractivity contribution in [3.05, 3.63) is 34.1 Å². The molecule has 0 amide bonds. The van der Waals surface area contributed by atoms with Crippen LogP contribution in [0.4, 0.5) is 0 Å². The Morgan fingerprint density at radius 1 is 1.06 bits per heavy atom. The molecule has 0 saturated carbocycles. The Labute approximate surface area is 103 Å². The van der Waals surface area contributed by atoms with Gasteiger partial charge in [0.15, 0.2) is 0 Å². The fraction of sp³-hybridized carbons (Fsp3) is 0.231. The van der Waals surface area contributed by atoms with E-state index in [-0.39, 0.29) is 5.56 Å². The van der Waals surface area contributed by atoms with Crippen LogP contribution in [-0.4, -0.2) is 22.2 Å². The standard InChI is InChI=1S/C13H12O5/c1-5-4-6(2)8-9(12(14)15)11(13(16)17)18-10(8)7(5)3/h4H,1-3H3,(H,14,15)(H,16,17). The van der Waals surface area contributed by atoms with Crippen LogP contribution >= 0.6 is 0 Å². The molecule has 0 spiro atoms. The summed E-state index contributed by atoms with van der Waals surface area (Å²) in [7, 11) is 0. The average Bonchev–Trinajstić information content (AvgIpc) is 2.66. The molecular formula is C13H12O5. The monoisotopic (exact) mass is 248 g/mol. The Hall–Kier alpha value is -2.30. The van der Waals surface area contributed by atoms with Crippen molar-refractivity contribution in [3.63, 3.8) is 0 Å². The summed E-state index contributed by atoms with van der Waals surface area (Å²) in [6.45, 7) is 5.38. The minimum absolute atomic E-state index is 0.280. The number of aryl methyl sites for hydroxylation is 3. The predicted molar refractivity (Wildman–Crippen MR) is 64.3 cm³/mol. The summed E-state index contributed by atoms with van der Waals surface area (Å²) >= 11 is 0. The third kappa shape index (κ3) is 1.55. The minimum Gasteiger partial charge on any atom is -0.478 e. The number of aromatic carboxylic acids is 2. The zero-order valence-electron chi connectivity index (χ0n) is 10.2. The van der Waals surface area contributed by atoms with E-state index in [1.807, 2.05) is 13.0 Å². The normalized spacial score (nSPS) is 10.8. The van der Waals surface area contributed by atoms with Crippen molar-refractivity contribution in [1.29, 1.82) is 0 Å². The Bertz CT molecular complexity index is 678. The van der Waals surface area contributed by atoms with Gasteiger partial charge in [-0.15, -0.1) is 0 Å². The van der Waals surface area contributed by atoms with Gasteiger partial charge in [-0.3, -0.25) is 0 Å². The predicted octanol–water partition coefficient (Wildman–Crippen LogP) is 2.75. The Morgan fingerprint density at radius 2 is 1.67 bits per heavy atom. The van der Waals surface area contributed by atoms with E-state index in [1.54, 1.807) is 13.8 Å². The lowest BCUT2D eigenvalue weighted by Crippen LogP contribution is -2.05. The second kappa shape index (κ2) is 3.87. The highest BCUT2D eigenvalue weighted by Gasteiger charge is 2.27. The van der Waals surface area contributed by atoms with Gasteiger partial charge in [-0.05, 0) is 37.5 Å². The second-order valence-corrected chi connectivity index (χ2v) is 4.26. The average molecular weight is 248 g/mol. The first-order chi connectivity index (χ1) is 8.34. The number of hydrogen-bond donors (Lipinski definition) is 2. The molecule has 94 valence electrons. The van der Waals surface area contributed by atoms with E-state index in [4.69, 9.17) is 14.6 Å². The van der Waals surface area contributed by atoms with Crippen molar-refractivity contribution in [1.82, 2.24) is 0 Å². The smallest absolute Gasteiger partial charge is 0.372 e. The van der Waals surface area contributed by atoms with Crippen molar-refractivity contribution in [2.75, 3.05) is 0 Å². The molecule has 1 aromatic carbocycles. The summed E-state index contributed by atoms with van der Waals surface area (Å²) in [6.07, 6.45) is 0. The maximum absolute atomic E-state index is 11.2. The van der Waals surface area contributed by atoms with Crippen LogP contribution in [-0.2, 0) is 0 Å². The first-order valence-electron chi connectivity index (χ1n) is 5.34. The molecule has 0 bridgehead atoms. The van der Waals surface area contributed by atoms with Crippen molar-refractivity contribution in [3.8, 4) is 0 Å². The van der Waals surface area contributed by atoms with Crippen LogP contribution in [0.5, 0.6) is 0 Å². The lowest BCUT2D eigenvalue weighted by atomic mass is 9.99. The van der Waals surface area contributed by atoms with E-state index in [9.17, 15) is 9.59 Å². The lowest BCUT2D eigenvalue weighted by molar-refractivity contribution is 0.0628. The van der Waals surface area contributed by atoms with Crippen molar-refractivity contribution in [2.45, 2.75) is 20.8 Å². The second-order valence-electron chi connectivity index (χ2n) is 4.26. The van der Waals surface area contributed by atoms with E-state index in [1.165, 1.54) is 0 Å². The van der Waals surface area contributed by atoms with Gasteiger partial charge in [0.1, 0.15) is 11.1 Å². The van der Waals surface area contributed by atoms with Gasteiger partial charge in [0.25, 0.3) is 0 Å². The molecule has 0 atom stereocenters. The van der Waals surface area contributed by atoms with Gasteiger partial charge in [-0.25, -0.2) is 9.59 Å². The molecule has 5 heteroatoms. The molecule has 0 aliphatic rings. The Kier molecular flexibility index (Phi) is 2.62. The highest BCUT2D eigenvalue weighted by molar-refractivity contribution is 6.11. The summed E-state index contributed by atoms with van der Waals surface area (Å²) in [5.74, 6) is -3.19. The molecule has 1 aromatic heterocycles. The highest BCUT2D eigenvalue weighted by Crippen LogP contribution is 2.33. The quantitative estimate of drug-likeness (QED) is 0.853. The molecule has 0 fully saturated rings. The van der Waals surface area contributed by atoms with E-state index in [2.05, 4.69) is 0 Å². The number of fused-ring (bicyclic) bond motifs is 1. The molecular weight excluding hydrogens is 236 g/mol. The van der Waals surface area contributed by atoms with Crippen LogP contribution in [0.25, 0.3) is 11.0 Å². The van der Waals surface area contributed by atoms with Gasteiger partial charge < -0.3 is 14.6 Å². The number of carboxylic acid groups (broad SMARTS) is 2. The maximum atomic E-state index is 11.2. The van der Waals surface area contributed by atoms with Crippen LogP contribution in [0.1, 0.15) is 37.6 Å². The largest absolute Gasteiger partial charge is 0.478 e. The number of carbonyl (C=O) groups is 2. The molecule has 2 rings (SSSR count). The SMILES string of the molecule is Cc1cc(C)c2c(C(=O)O)c(C(=O)O)oc2c1C. The number of carboxylic acids is 2. The van der Waals surface area contributed by atoms with Crippen molar-refractivity contribution < 1.29 is 24.2 Å². The van der Waals surface area contributed by atoms with E-state index >= 15 is 0 Å². The van der Waals surface area contributed by atoms with Crippen LogP contribution in [0.3, 0.4) is 0 Å². The van der Waals surface area contributed by atoms with Crippen LogP contribution in [0.2, 0.25) is 0 Å². The molecule has 0 unspecified atom stereocenters. The number of hydrogen-bond acceptors (Lipinski definition) is 3. The zero-order valence-corrected chi connectivity index (χ0v) is 10.2. The third-order valence-electron chi connectivity index (χ3n) is 3.08. The van der Waals surface area contributed by atoms with Gasteiger partial charge in [-0.1, -0.05) is 6.07 Å². The van der Waals surface area contributed by atoms with E-state index < -0.39 is 17.7 Å². The first kappa shape index (κ1) is 12.2. The van der Waals surface area contributed by atoms with Crippen LogP contribution < -0.4 is 0 Å². The molecule has 5 nitrogen and oxygen atoms in total. The van der Waals surface area contributed by atoms with Crippen LogP contribution in [0, 0.1) is 20.8 Å². The summed E-state index contributed by atoms with van der Waals surface area (Å²) in [5.41, 5.74) is 2.44. The van der Waals surface area contributed by atoms with E-state index in [0.717, 1.165) is 11.1 Å². The van der Waals surface area contributed by atoms with Crippen molar-refractivity contribution >= 4 is 22.9 Å². The Balaban J connectivity index is 3.03. The molecule has 1 heterocycles. The van der Waals surface area contributed by atoms with Gasteiger partial charge in [0.2, 0.25) is 5.76 Å². The van der Waals surface area contributed by atoms with E-state index in [0.29, 0.717) is 16.5 Å². The highest BCUT2D eigenvalue weighted by atomic mass is 16.4. The molecule has 0 aliphatic heterocycles. The van der Waals surface area contributed by atoms with Gasteiger partial charge in [0.05, 0.1) is 0 Å². The summed E-state index contributed by atoms with van der Waals surface area (Å²) in [5, 5.41) is 18.5. The lowest BCUT2D eigenvalue weighted by Gasteiger charge is -2.03. The fourth-order valence-electron chi connectivity index (χ4n) is 2.11. The van der Waals surface area contributed by atoms with Gasteiger partial charge in [-0.2, -0.15) is 0 Å². The summed E-state index contributed by atoms with van der Waals surface area (Å²) < 4.78 is 5.23. The Morgan fingerprint density at radius 3 is 2.17 bits per heavy atom. The molecule has 0 saturated heterocycles. The number of furan rings is 1. The van der Waals surface area contributed by atoms with Gasteiger partial charge >= 0.3 is 11.9 Å². The molecule has 2 aromatic rings. The minimum atomic E-state index is -1.37. The molecule has 0 radical (unpaired) electrons. The zero-order chi connectivity index (χ0) is 13.6. The topological polar surface area (TPSA) is 87.7 Å². The number of rotatable bonds is 2. The molecule has 0 aliphatic carbocycles.